The minimum atomic E-state index is 0.801. The van der Waals surface area contributed by atoms with Crippen LogP contribution in [0, 0.1) is 5.92 Å². The van der Waals surface area contributed by atoms with Gasteiger partial charge in [-0.15, -0.1) is 0 Å². The molecule has 2 N–H and O–H groups in total. The predicted molar refractivity (Wildman–Crippen MR) is 62.8 cm³/mol. The quantitative estimate of drug-likeness (QED) is 0.821. The molecule has 1 fully saturated rings. The Labute approximate surface area is 91.1 Å². The van der Waals surface area contributed by atoms with Crippen molar-refractivity contribution in [1.29, 1.82) is 0 Å². The lowest BCUT2D eigenvalue weighted by Crippen LogP contribution is -2.21. The van der Waals surface area contributed by atoms with Crippen LogP contribution in [-0.2, 0) is 7.05 Å². The van der Waals surface area contributed by atoms with E-state index in [1.807, 2.05) is 13.2 Å². The SMILES string of the molecule is CCCC1CCN(c2nn(C)cc2N)C1. The average molecular weight is 208 g/mol. The Kier molecular flexibility index (Phi) is 2.84. The first-order chi connectivity index (χ1) is 7.20. The maximum atomic E-state index is 5.92. The fourth-order valence-corrected chi connectivity index (χ4v) is 2.41. The fraction of sp³-hybridized carbons (Fsp3) is 0.727. The van der Waals surface area contributed by atoms with Gasteiger partial charge in [-0.2, -0.15) is 5.10 Å². The average Bonchev–Trinajstić information content (AvgIpc) is 2.73. The highest BCUT2D eigenvalue weighted by Gasteiger charge is 2.24. The highest BCUT2D eigenvalue weighted by Crippen LogP contribution is 2.28. The van der Waals surface area contributed by atoms with E-state index in [0.717, 1.165) is 30.5 Å². The Balaban J connectivity index is 2.04. The number of aryl methyl sites for hydroxylation is 1. The first-order valence-electron chi connectivity index (χ1n) is 5.74. The summed E-state index contributed by atoms with van der Waals surface area (Å²) in [4.78, 5) is 2.32. The molecule has 1 aliphatic heterocycles. The number of aromatic nitrogens is 2. The predicted octanol–water partition coefficient (Wildman–Crippen LogP) is 1.63. The van der Waals surface area contributed by atoms with Crippen LogP contribution >= 0.6 is 0 Å². The Bertz CT molecular complexity index is 331. The number of nitrogen functional groups attached to an aromatic ring is 1. The summed E-state index contributed by atoms with van der Waals surface area (Å²) in [5.74, 6) is 1.80. The zero-order chi connectivity index (χ0) is 10.8. The summed E-state index contributed by atoms with van der Waals surface area (Å²) in [6.45, 7) is 4.47. The van der Waals surface area contributed by atoms with Crippen LogP contribution in [0.15, 0.2) is 6.20 Å². The first kappa shape index (κ1) is 10.3. The summed E-state index contributed by atoms with van der Waals surface area (Å²) in [6.07, 6.45) is 5.76. The van der Waals surface area contributed by atoms with E-state index in [4.69, 9.17) is 5.73 Å². The standard InChI is InChI=1S/C11H20N4/c1-3-4-9-5-6-15(7-9)11-10(12)8-14(2)13-11/h8-9H,3-7,12H2,1-2H3. The van der Waals surface area contributed by atoms with Gasteiger partial charge in [0.1, 0.15) is 0 Å². The van der Waals surface area contributed by atoms with E-state index in [1.54, 1.807) is 4.68 Å². The molecule has 4 heteroatoms. The van der Waals surface area contributed by atoms with Gasteiger partial charge in [0.05, 0.1) is 5.69 Å². The van der Waals surface area contributed by atoms with Crippen LogP contribution in [0.3, 0.4) is 0 Å². The largest absolute Gasteiger partial charge is 0.394 e. The molecule has 2 rings (SSSR count). The molecule has 0 amide bonds. The van der Waals surface area contributed by atoms with Gasteiger partial charge in [-0.05, 0) is 18.8 Å². The van der Waals surface area contributed by atoms with E-state index in [9.17, 15) is 0 Å². The normalized spacial score (nSPS) is 21.2. The third-order valence-corrected chi connectivity index (χ3v) is 3.12. The van der Waals surface area contributed by atoms with Crippen molar-refractivity contribution in [3.63, 3.8) is 0 Å². The molecule has 1 aromatic rings. The lowest BCUT2D eigenvalue weighted by atomic mass is 10.0. The number of nitrogens with two attached hydrogens (primary N) is 1. The van der Waals surface area contributed by atoms with Crippen LogP contribution in [0.4, 0.5) is 11.5 Å². The monoisotopic (exact) mass is 208 g/mol. The summed E-state index contributed by atoms with van der Waals surface area (Å²) in [5.41, 5.74) is 6.72. The second-order valence-corrected chi connectivity index (χ2v) is 4.47. The maximum absolute atomic E-state index is 5.92. The molecule has 15 heavy (non-hydrogen) atoms. The lowest BCUT2D eigenvalue weighted by Gasteiger charge is -2.16. The lowest BCUT2D eigenvalue weighted by molar-refractivity contribution is 0.529. The highest BCUT2D eigenvalue weighted by molar-refractivity contribution is 5.62. The molecule has 0 aromatic carbocycles. The van der Waals surface area contributed by atoms with Crippen molar-refractivity contribution in [3.05, 3.63) is 6.20 Å². The van der Waals surface area contributed by atoms with Gasteiger partial charge in [0.25, 0.3) is 0 Å². The summed E-state index contributed by atoms with van der Waals surface area (Å²) in [6, 6.07) is 0. The van der Waals surface area contributed by atoms with Gasteiger partial charge in [0.15, 0.2) is 5.82 Å². The van der Waals surface area contributed by atoms with Crippen molar-refractivity contribution >= 4 is 11.5 Å². The first-order valence-corrected chi connectivity index (χ1v) is 5.74. The molecule has 0 radical (unpaired) electrons. The Morgan fingerprint density at radius 1 is 1.60 bits per heavy atom. The van der Waals surface area contributed by atoms with Crippen LogP contribution in [0.5, 0.6) is 0 Å². The van der Waals surface area contributed by atoms with Crippen LogP contribution in [0.2, 0.25) is 0 Å². The van der Waals surface area contributed by atoms with Crippen LogP contribution in [-0.4, -0.2) is 22.9 Å². The Hall–Kier alpha value is -1.19. The zero-order valence-corrected chi connectivity index (χ0v) is 9.61. The second-order valence-electron chi connectivity index (χ2n) is 4.47. The topological polar surface area (TPSA) is 47.1 Å². The van der Waals surface area contributed by atoms with Crippen LogP contribution < -0.4 is 10.6 Å². The molecule has 1 unspecified atom stereocenters. The maximum Gasteiger partial charge on any atom is 0.173 e. The molecule has 4 nitrogen and oxygen atoms in total. The number of hydrogen-bond donors (Lipinski definition) is 1. The number of hydrogen-bond acceptors (Lipinski definition) is 3. The van der Waals surface area contributed by atoms with Crippen molar-refractivity contribution < 1.29 is 0 Å². The third kappa shape index (κ3) is 2.08. The van der Waals surface area contributed by atoms with E-state index in [-0.39, 0.29) is 0 Å². The Morgan fingerprint density at radius 2 is 2.40 bits per heavy atom. The fourth-order valence-electron chi connectivity index (χ4n) is 2.41. The van der Waals surface area contributed by atoms with E-state index < -0.39 is 0 Å². The molecule has 1 aromatic heterocycles. The van der Waals surface area contributed by atoms with Crippen molar-refractivity contribution in [2.24, 2.45) is 13.0 Å². The smallest absolute Gasteiger partial charge is 0.173 e. The van der Waals surface area contributed by atoms with Gasteiger partial charge >= 0.3 is 0 Å². The van der Waals surface area contributed by atoms with Crippen LogP contribution in [0.25, 0.3) is 0 Å². The van der Waals surface area contributed by atoms with Gasteiger partial charge < -0.3 is 10.6 Å². The van der Waals surface area contributed by atoms with Gasteiger partial charge in [-0.1, -0.05) is 13.3 Å². The number of nitrogens with zero attached hydrogens (tertiary/aromatic N) is 3. The van der Waals surface area contributed by atoms with Gasteiger partial charge in [-0.25, -0.2) is 0 Å². The van der Waals surface area contributed by atoms with Crippen LogP contribution in [0.1, 0.15) is 26.2 Å². The molecule has 0 spiro atoms. The molecule has 84 valence electrons. The van der Waals surface area contributed by atoms with E-state index in [2.05, 4.69) is 16.9 Å². The van der Waals surface area contributed by atoms with E-state index >= 15 is 0 Å². The number of anilines is 2. The molecule has 2 heterocycles. The number of rotatable bonds is 3. The second kappa shape index (κ2) is 4.13. The minimum absolute atomic E-state index is 0.801. The molecular formula is C11H20N4. The molecule has 1 saturated heterocycles. The molecule has 0 aliphatic carbocycles. The van der Waals surface area contributed by atoms with Gasteiger partial charge in [0, 0.05) is 26.3 Å². The highest BCUT2D eigenvalue weighted by atomic mass is 15.4. The molecule has 0 bridgehead atoms. The minimum Gasteiger partial charge on any atom is -0.394 e. The van der Waals surface area contributed by atoms with Gasteiger partial charge in [-0.3, -0.25) is 4.68 Å². The molecule has 1 aliphatic rings. The third-order valence-electron chi connectivity index (χ3n) is 3.12. The summed E-state index contributed by atoms with van der Waals surface area (Å²) in [7, 11) is 1.92. The van der Waals surface area contributed by atoms with Crippen molar-refractivity contribution in [2.75, 3.05) is 23.7 Å². The molecular weight excluding hydrogens is 188 g/mol. The molecule has 1 atom stereocenters. The Morgan fingerprint density at radius 3 is 3.00 bits per heavy atom. The summed E-state index contributed by atoms with van der Waals surface area (Å²) in [5, 5.41) is 4.40. The zero-order valence-electron chi connectivity index (χ0n) is 9.61. The van der Waals surface area contributed by atoms with Crippen molar-refractivity contribution in [3.8, 4) is 0 Å². The summed E-state index contributed by atoms with van der Waals surface area (Å²) < 4.78 is 1.79. The van der Waals surface area contributed by atoms with E-state index in [1.165, 1.54) is 19.3 Å². The van der Waals surface area contributed by atoms with E-state index in [0.29, 0.717) is 0 Å². The summed E-state index contributed by atoms with van der Waals surface area (Å²) >= 11 is 0. The molecule has 0 saturated carbocycles. The van der Waals surface area contributed by atoms with Crippen molar-refractivity contribution in [2.45, 2.75) is 26.2 Å². The van der Waals surface area contributed by atoms with Gasteiger partial charge in [0.2, 0.25) is 0 Å². The van der Waals surface area contributed by atoms with Crippen molar-refractivity contribution in [1.82, 2.24) is 9.78 Å².